The molecule has 0 saturated heterocycles. The van der Waals surface area contributed by atoms with Crippen molar-refractivity contribution < 1.29 is 12.4 Å². The first-order valence-electron chi connectivity index (χ1n) is 4.56. The van der Waals surface area contributed by atoms with Crippen molar-refractivity contribution in [3.8, 4) is 0 Å². The van der Waals surface area contributed by atoms with E-state index in [1.165, 1.54) is 32.2 Å². The molecule has 13 heavy (non-hydrogen) atoms. The van der Waals surface area contributed by atoms with Crippen LogP contribution in [0.5, 0.6) is 0 Å². The molecule has 0 radical (unpaired) electrons. The zero-order valence-corrected chi connectivity index (χ0v) is 9.04. The second-order valence-corrected chi connectivity index (χ2v) is 2.16. The monoisotopic (exact) mass is 199 g/mol. The van der Waals surface area contributed by atoms with Gasteiger partial charge in [0.2, 0.25) is 0 Å². The Labute approximate surface area is 86.0 Å². The van der Waals surface area contributed by atoms with Crippen LogP contribution in [-0.4, -0.2) is 24.5 Å². The molecular weight excluding hydrogens is 166 g/mol. The maximum atomic E-state index is 3.13. The Morgan fingerprint density at radius 1 is 1.00 bits per heavy atom. The first-order chi connectivity index (χ1) is 4.91. The molecule has 0 spiro atoms. The van der Waals surface area contributed by atoms with Crippen molar-refractivity contribution in [1.29, 1.82) is 0 Å². The minimum absolute atomic E-state index is 0. The Balaban J connectivity index is -0.0000000250. The lowest BCUT2D eigenvalue weighted by atomic mass is 10.2. The third-order valence-corrected chi connectivity index (χ3v) is 1.28. The molecule has 0 aromatic carbocycles. The zero-order chi connectivity index (χ0) is 8.24. The standard InChI is InChI=1S/C7H17N.C2H6.CH4.2H2O.H2/c1-3-4-5-6-7-8-2;1-2;;;;/h8H,3-7H2,1-2H3;1-2H3;1H4;2*1H2;1H. The van der Waals surface area contributed by atoms with Gasteiger partial charge in [0, 0.05) is 1.43 Å². The third-order valence-electron chi connectivity index (χ3n) is 1.28. The topological polar surface area (TPSA) is 75.0 Å². The van der Waals surface area contributed by atoms with Crippen LogP contribution in [0.25, 0.3) is 0 Å². The highest BCUT2D eigenvalue weighted by Crippen LogP contribution is 1.96. The second kappa shape index (κ2) is 40.7. The van der Waals surface area contributed by atoms with Gasteiger partial charge < -0.3 is 16.3 Å². The van der Waals surface area contributed by atoms with Crippen LogP contribution < -0.4 is 5.32 Å². The fourth-order valence-corrected chi connectivity index (χ4v) is 0.729. The van der Waals surface area contributed by atoms with Gasteiger partial charge in [0.15, 0.2) is 0 Å². The van der Waals surface area contributed by atoms with Gasteiger partial charge >= 0.3 is 0 Å². The van der Waals surface area contributed by atoms with Crippen LogP contribution in [0.2, 0.25) is 0 Å². The van der Waals surface area contributed by atoms with E-state index < -0.39 is 0 Å². The predicted molar refractivity (Wildman–Crippen MR) is 65.5 cm³/mol. The average Bonchev–Trinajstić information content (AvgIpc) is 2.02. The first kappa shape index (κ1) is 29.3. The molecule has 3 nitrogen and oxygen atoms in total. The maximum absolute atomic E-state index is 3.13. The van der Waals surface area contributed by atoms with Crippen LogP contribution in [0.1, 0.15) is 55.3 Å². The lowest BCUT2D eigenvalue weighted by Crippen LogP contribution is -2.06. The molecule has 0 atom stereocenters. The number of unbranched alkanes of at least 4 members (excludes halogenated alkanes) is 3. The van der Waals surface area contributed by atoms with E-state index in [9.17, 15) is 0 Å². The minimum Gasteiger partial charge on any atom is -0.412 e. The summed E-state index contributed by atoms with van der Waals surface area (Å²) in [6.45, 7) is 7.42. The van der Waals surface area contributed by atoms with Gasteiger partial charge in [-0.25, -0.2) is 0 Å². The van der Waals surface area contributed by atoms with Crippen molar-refractivity contribution in [2.75, 3.05) is 13.6 Å². The third kappa shape index (κ3) is 48.7. The Morgan fingerprint density at radius 2 is 1.46 bits per heavy atom. The van der Waals surface area contributed by atoms with E-state index in [1.54, 1.807) is 0 Å². The van der Waals surface area contributed by atoms with Crippen molar-refractivity contribution in [2.45, 2.75) is 53.9 Å². The molecule has 90 valence electrons. The molecule has 0 fully saturated rings. The van der Waals surface area contributed by atoms with Gasteiger partial charge in [-0.15, -0.1) is 0 Å². The predicted octanol–water partition coefficient (Wildman–Crippen LogP) is 2.05. The van der Waals surface area contributed by atoms with Crippen LogP contribution in [0.3, 0.4) is 0 Å². The fraction of sp³-hybridized carbons (Fsp3) is 1.00. The highest BCUT2D eigenvalue weighted by Gasteiger charge is 1.82. The fourth-order valence-electron chi connectivity index (χ4n) is 0.729. The molecule has 0 aliphatic heterocycles. The summed E-state index contributed by atoms with van der Waals surface area (Å²) < 4.78 is 0. The smallest absolute Gasteiger partial charge is 0 e. The van der Waals surface area contributed by atoms with E-state index in [-0.39, 0.29) is 19.8 Å². The number of rotatable bonds is 5. The van der Waals surface area contributed by atoms with Crippen LogP contribution in [0.4, 0.5) is 0 Å². The molecule has 0 saturated carbocycles. The quantitative estimate of drug-likeness (QED) is 0.676. The summed E-state index contributed by atoms with van der Waals surface area (Å²) in [6.07, 6.45) is 5.45. The van der Waals surface area contributed by atoms with E-state index in [2.05, 4.69) is 12.2 Å². The molecule has 0 rings (SSSR count). The van der Waals surface area contributed by atoms with Crippen LogP contribution >= 0.6 is 0 Å². The summed E-state index contributed by atoms with van der Waals surface area (Å²) >= 11 is 0. The van der Waals surface area contributed by atoms with Crippen LogP contribution in [-0.2, 0) is 0 Å². The zero-order valence-electron chi connectivity index (χ0n) is 9.04. The van der Waals surface area contributed by atoms with E-state index in [1.807, 2.05) is 20.9 Å². The highest BCUT2D eigenvalue weighted by molar-refractivity contribution is 4.41. The van der Waals surface area contributed by atoms with Gasteiger partial charge in [-0.05, 0) is 20.0 Å². The van der Waals surface area contributed by atoms with Crippen molar-refractivity contribution in [1.82, 2.24) is 5.32 Å². The van der Waals surface area contributed by atoms with Crippen molar-refractivity contribution in [3.05, 3.63) is 0 Å². The SMILES string of the molecule is C.CC.CCCCCCNC.O.O.[HH]. The van der Waals surface area contributed by atoms with Crippen LogP contribution in [0, 0.1) is 0 Å². The number of hydrogen-bond donors (Lipinski definition) is 1. The molecular formula is C10H33NO2. The molecule has 0 aromatic heterocycles. The molecule has 0 aromatic rings. The van der Waals surface area contributed by atoms with Gasteiger partial charge in [0.25, 0.3) is 0 Å². The molecule has 0 bridgehead atoms. The summed E-state index contributed by atoms with van der Waals surface area (Å²) in [5, 5.41) is 3.13. The molecule has 0 heterocycles. The maximum Gasteiger partial charge on any atom is 0 e. The Hall–Kier alpha value is -0.120. The first-order valence-corrected chi connectivity index (χ1v) is 4.56. The summed E-state index contributed by atoms with van der Waals surface area (Å²) in [5.74, 6) is 0. The molecule has 0 unspecified atom stereocenters. The van der Waals surface area contributed by atoms with E-state index in [4.69, 9.17) is 0 Å². The number of hydrogen-bond acceptors (Lipinski definition) is 1. The van der Waals surface area contributed by atoms with E-state index >= 15 is 0 Å². The summed E-state index contributed by atoms with van der Waals surface area (Å²) in [5.41, 5.74) is 0. The lowest BCUT2D eigenvalue weighted by Gasteiger charge is -1.95. The molecule has 0 aliphatic carbocycles. The van der Waals surface area contributed by atoms with E-state index in [0.29, 0.717) is 0 Å². The van der Waals surface area contributed by atoms with Gasteiger partial charge in [-0.3, -0.25) is 0 Å². The minimum atomic E-state index is 0. The Bertz CT molecular complexity index is 43.1. The second-order valence-electron chi connectivity index (χ2n) is 2.16. The largest absolute Gasteiger partial charge is 0.412 e. The number of nitrogens with one attached hydrogen (secondary N) is 1. The van der Waals surface area contributed by atoms with Crippen LogP contribution in [0.15, 0.2) is 0 Å². The van der Waals surface area contributed by atoms with E-state index in [0.717, 1.165) is 0 Å². The van der Waals surface area contributed by atoms with Gasteiger partial charge in [-0.1, -0.05) is 47.5 Å². The normalized spacial score (nSPS) is 6.46. The Kier molecular flexibility index (Phi) is 91.6. The lowest BCUT2D eigenvalue weighted by molar-refractivity contribution is 0.634. The summed E-state index contributed by atoms with van der Waals surface area (Å²) in [4.78, 5) is 0. The summed E-state index contributed by atoms with van der Waals surface area (Å²) in [6, 6.07) is 0. The Morgan fingerprint density at radius 3 is 1.77 bits per heavy atom. The van der Waals surface area contributed by atoms with Gasteiger partial charge in [0.1, 0.15) is 0 Å². The van der Waals surface area contributed by atoms with Gasteiger partial charge in [-0.2, -0.15) is 0 Å². The molecule has 0 amide bonds. The molecule has 3 heteroatoms. The molecule has 5 N–H and O–H groups in total. The molecule has 0 aliphatic rings. The van der Waals surface area contributed by atoms with Gasteiger partial charge in [0.05, 0.1) is 0 Å². The van der Waals surface area contributed by atoms with Crippen molar-refractivity contribution in [2.24, 2.45) is 0 Å². The highest BCUT2D eigenvalue weighted by atomic mass is 16.0. The summed E-state index contributed by atoms with van der Waals surface area (Å²) in [7, 11) is 2.01. The average molecular weight is 199 g/mol. The van der Waals surface area contributed by atoms with Crippen molar-refractivity contribution >= 4 is 0 Å². The van der Waals surface area contributed by atoms with Crippen molar-refractivity contribution in [3.63, 3.8) is 0 Å².